The first-order chi connectivity index (χ1) is 12.3. The number of H-pyrrole nitrogens is 1. The topological polar surface area (TPSA) is 71.4 Å². The Morgan fingerprint density at radius 3 is 2.31 bits per heavy atom. The van der Waals surface area contributed by atoms with Gasteiger partial charge in [0.25, 0.3) is 0 Å². The summed E-state index contributed by atoms with van der Waals surface area (Å²) in [6.45, 7) is 1.01. The van der Waals surface area contributed by atoms with Crippen molar-refractivity contribution in [2.24, 2.45) is 0 Å². The number of benzene rings is 1. The van der Waals surface area contributed by atoms with Crippen LogP contribution in [0.2, 0.25) is 0 Å². The van der Waals surface area contributed by atoms with Crippen LogP contribution in [0.5, 0.6) is 0 Å². The number of piperidine rings is 1. The maximum atomic E-state index is 13.7. The first kappa shape index (κ1) is 18.2. The molecule has 0 aliphatic carbocycles. The summed E-state index contributed by atoms with van der Waals surface area (Å²) in [6.07, 6.45) is -2.04. The summed E-state index contributed by atoms with van der Waals surface area (Å²) in [5.74, 6) is -0.842. The molecular weight excluding hydrogens is 347 g/mol. The molecule has 0 amide bonds. The van der Waals surface area contributed by atoms with Crippen LogP contribution in [0, 0.1) is 0 Å². The Morgan fingerprint density at radius 2 is 1.77 bits per heavy atom. The lowest BCUT2D eigenvalue weighted by atomic mass is 10.0. The normalized spacial score (nSPS) is 15.2. The number of nitrogens with zero attached hydrogens (tertiary/aromatic N) is 1. The predicted octanol–water partition coefficient (Wildman–Crippen LogP) is 4.06. The third kappa shape index (κ3) is 3.36. The molecule has 1 aliphatic heterocycles. The van der Waals surface area contributed by atoms with Crippen LogP contribution in [0.15, 0.2) is 24.3 Å². The van der Waals surface area contributed by atoms with E-state index in [9.17, 15) is 18.0 Å². The Morgan fingerprint density at radius 1 is 1.15 bits per heavy atom. The van der Waals surface area contributed by atoms with Gasteiger partial charge in [-0.25, -0.2) is 4.79 Å². The number of hydrogen-bond acceptors (Lipinski definition) is 4. The Bertz CT molecular complexity index is 791. The number of ether oxygens (including phenoxy) is 1. The zero-order chi connectivity index (χ0) is 18.9. The molecule has 0 unspecified atom stereocenters. The van der Waals surface area contributed by atoms with E-state index in [2.05, 4.69) is 4.98 Å². The summed E-state index contributed by atoms with van der Waals surface area (Å²) in [5.41, 5.74) is 5.73. The smallest absolute Gasteiger partial charge is 0.433 e. The molecular formula is C18H20F3N3O2. The number of esters is 1. The van der Waals surface area contributed by atoms with E-state index in [1.165, 1.54) is 0 Å². The first-order valence-electron chi connectivity index (χ1n) is 8.35. The molecule has 1 saturated heterocycles. The molecule has 0 radical (unpaired) electrons. The standard InChI is InChI=1S/C18H20F3N3O2/c1-26-17(25)14-13(11-5-7-12(22)8-6-11)15(16(23-14)18(19,20)21)24-9-3-2-4-10-24/h5-8,23H,2-4,9-10,22H2,1H3. The van der Waals surface area contributed by atoms with E-state index in [-0.39, 0.29) is 16.9 Å². The number of aromatic nitrogens is 1. The zero-order valence-corrected chi connectivity index (χ0v) is 14.3. The number of aromatic amines is 1. The number of anilines is 2. The number of carbonyl (C=O) groups excluding carboxylic acids is 1. The molecule has 0 saturated carbocycles. The Balaban J connectivity index is 2.27. The molecule has 1 aromatic heterocycles. The van der Waals surface area contributed by atoms with E-state index in [1.54, 1.807) is 29.2 Å². The summed E-state index contributed by atoms with van der Waals surface area (Å²) in [5, 5.41) is 0. The van der Waals surface area contributed by atoms with Crippen molar-refractivity contribution in [2.45, 2.75) is 25.4 Å². The monoisotopic (exact) mass is 367 g/mol. The van der Waals surface area contributed by atoms with Crippen LogP contribution in [-0.2, 0) is 10.9 Å². The van der Waals surface area contributed by atoms with E-state index in [4.69, 9.17) is 10.5 Å². The molecule has 140 valence electrons. The molecule has 26 heavy (non-hydrogen) atoms. The second-order valence-electron chi connectivity index (χ2n) is 6.26. The molecule has 3 rings (SSSR count). The van der Waals surface area contributed by atoms with E-state index in [0.717, 1.165) is 26.4 Å². The summed E-state index contributed by atoms with van der Waals surface area (Å²) < 4.78 is 45.9. The van der Waals surface area contributed by atoms with Gasteiger partial charge in [0.15, 0.2) is 0 Å². The number of rotatable bonds is 3. The number of nitrogen functional groups attached to an aromatic ring is 1. The van der Waals surface area contributed by atoms with Crippen LogP contribution in [0.3, 0.4) is 0 Å². The van der Waals surface area contributed by atoms with E-state index in [1.807, 2.05) is 0 Å². The van der Waals surface area contributed by atoms with Crippen LogP contribution in [0.1, 0.15) is 35.4 Å². The zero-order valence-electron chi connectivity index (χ0n) is 14.3. The van der Waals surface area contributed by atoms with E-state index >= 15 is 0 Å². The van der Waals surface area contributed by atoms with Gasteiger partial charge in [-0.1, -0.05) is 12.1 Å². The average molecular weight is 367 g/mol. The number of nitrogens with two attached hydrogens (primary N) is 1. The fraction of sp³-hybridized carbons (Fsp3) is 0.389. The number of hydrogen-bond donors (Lipinski definition) is 2. The molecule has 0 atom stereocenters. The highest BCUT2D eigenvalue weighted by molar-refractivity contribution is 6.01. The predicted molar refractivity (Wildman–Crippen MR) is 93.0 cm³/mol. The van der Waals surface area contributed by atoms with Crippen molar-refractivity contribution < 1.29 is 22.7 Å². The summed E-state index contributed by atoms with van der Waals surface area (Å²) in [6, 6.07) is 6.41. The van der Waals surface area contributed by atoms with Crippen LogP contribution >= 0.6 is 0 Å². The van der Waals surface area contributed by atoms with Gasteiger partial charge in [-0.05, 0) is 37.0 Å². The van der Waals surface area contributed by atoms with Gasteiger partial charge in [-0.2, -0.15) is 13.2 Å². The number of halogens is 3. The molecule has 2 heterocycles. The number of alkyl halides is 3. The van der Waals surface area contributed by atoms with Crippen molar-refractivity contribution >= 4 is 17.3 Å². The Hall–Kier alpha value is -2.64. The quantitative estimate of drug-likeness (QED) is 0.634. The molecule has 1 aliphatic rings. The van der Waals surface area contributed by atoms with Crippen molar-refractivity contribution in [3.05, 3.63) is 35.7 Å². The van der Waals surface area contributed by atoms with E-state index in [0.29, 0.717) is 24.3 Å². The summed E-state index contributed by atoms with van der Waals surface area (Å²) in [4.78, 5) is 16.2. The Labute approximate surface area is 148 Å². The van der Waals surface area contributed by atoms with Crippen molar-refractivity contribution in [3.63, 3.8) is 0 Å². The SMILES string of the molecule is COC(=O)c1[nH]c(C(F)(F)F)c(N2CCCCC2)c1-c1ccc(N)cc1. The molecule has 0 bridgehead atoms. The molecule has 8 heteroatoms. The molecule has 5 nitrogen and oxygen atoms in total. The number of carbonyl (C=O) groups is 1. The summed E-state index contributed by atoms with van der Waals surface area (Å²) >= 11 is 0. The number of methoxy groups -OCH3 is 1. The average Bonchev–Trinajstić information content (AvgIpc) is 3.03. The summed E-state index contributed by atoms with van der Waals surface area (Å²) in [7, 11) is 1.14. The lowest BCUT2D eigenvalue weighted by Gasteiger charge is -2.30. The second kappa shape index (κ2) is 6.93. The fourth-order valence-corrected chi connectivity index (χ4v) is 3.31. The lowest BCUT2D eigenvalue weighted by molar-refractivity contribution is -0.140. The molecule has 2 aromatic rings. The minimum atomic E-state index is -4.62. The highest BCUT2D eigenvalue weighted by atomic mass is 19.4. The maximum Gasteiger partial charge on any atom is 0.433 e. The fourth-order valence-electron chi connectivity index (χ4n) is 3.31. The van der Waals surface area contributed by atoms with Crippen LogP contribution in [0.25, 0.3) is 11.1 Å². The first-order valence-corrected chi connectivity index (χ1v) is 8.35. The van der Waals surface area contributed by atoms with Gasteiger partial charge in [0.1, 0.15) is 11.4 Å². The largest absolute Gasteiger partial charge is 0.464 e. The van der Waals surface area contributed by atoms with Gasteiger partial charge in [-0.3, -0.25) is 0 Å². The van der Waals surface area contributed by atoms with Crippen LogP contribution < -0.4 is 10.6 Å². The van der Waals surface area contributed by atoms with Gasteiger partial charge < -0.3 is 20.4 Å². The minimum Gasteiger partial charge on any atom is -0.464 e. The second-order valence-corrected chi connectivity index (χ2v) is 6.26. The van der Waals surface area contributed by atoms with Gasteiger partial charge in [0.05, 0.1) is 12.8 Å². The highest BCUT2D eigenvalue weighted by Gasteiger charge is 2.41. The van der Waals surface area contributed by atoms with Crippen LogP contribution in [0.4, 0.5) is 24.5 Å². The van der Waals surface area contributed by atoms with Crippen LogP contribution in [-0.4, -0.2) is 31.2 Å². The third-order valence-electron chi connectivity index (χ3n) is 4.52. The lowest BCUT2D eigenvalue weighted by Crippen LogP contribution is -2.31. The molecule has 3 N–H and O–H groups in total. The van der Waals surface area contributed by atoms with Gasteiger partial charge in [-0.15, -0.1) is 0 Å². The minimum absolute atomic E-state index is 0.00220. The van der Waals surface area contributed by atoms with Crippen molar-refractivity contribution in [1.82, 2.24) is 4.98 Å². The van der Waals surface area contributed by atoms with Gasteiger partial charge in [0.2, 0.25) is 0 Å². The maximum absolute atomic E-state index is 13.7. The third-order valence-corrected chi connectivity index (χ3v) is 4.52. The highest BCUT2D eigenvalue weighted by Crippen LogP contribution is 2.45. The van der Waals surface area contributed by atoms with Crippen molar-refractivity contribution in [3.8, 4) is 11.1 Å². The molecule has 1 fully saturated rings. The van der Waals surface area contributed by atoms with Crippen molar-refractivity contribution in [1.29, 1.82) is 0 Å². The number of nitrogens with one attached hydrogen (secondary N) is 1. The molecule has 0 spiro atoms. The van der Waals surface area contributed by atoms with Gasteiger partial charge in [0, 0.05) is 24.3 Å². The van der Waals surface area contributed by atoms with Crippen molar-refractivity contribution in [2.75, 3.05) is 30.8 Å². The van der Waals surface area contributed by atoms with Gasteiger partial charge >= 0.3 is 12.1 Å². The van der Waals surface area contributed by atoms with E-state index < -0.39 is 17.8 Å². The molecule has 1 aromatic carbocycles. The Kier molecular flexibility index (Phi) is 4.84.